The summed E-state index contributed by atoms with van der Waals surface area (Å²) in [7, 11) is 0. The van der Waals surface area contributed by atoms with Crippen molar-refractivity contribution in [3.05, 3.63) is 47.5 Å². The third-order valence-electron chi connectivity index (χ3n) is 6.49. The molecule has 1 fully saturated rings. The molecule has 1 aromatic heterocycles. The van der Waals surface area contributed by atoms with Gasteiger partial charge in [0.1, 0.15) is 17.7 Å². The number of fused-ring (bicyclic) bond motifs is 1. The van der Waals surface area contributed by atoms with E-state index in [0.717, 1.165) is 56.2 Å². The molecule has 0 saturated carbocycles. The lowest BCUT2D eigenvalue weighted by molar-refractivity contribution is -0.134. The maximum atomic E-state index is 13.5. The molecule has 172 valence electrons. The van der Waals surface area contributed by atoms with Crippen molar-refractivity contribution in [3.63, 3.8) is 0 Å². The number of aromatic nitrogens is 3. The fraction of sp³-hybridized carbons (Fsp3) is 0.583. The van der Waals surface area contributed by atoms with Crippen LogP contribution < -0.4 is 5.32 Å². The Kier molecular flexibility index (Phi) is 7.84. The van der Waals surface area contributed by atoms with Crippen LogP contribution in [0.2, 0.25) is 0 Å². The van der Waals surface area contributed by atoms with Crippen LogP contribution in [0.25, 0.3) is 0 Å². The lowest BCUT2D eigenvalue weighted by Gasteiger charge is -2.35. The number of nitrogens with one attached hydrogen (secondary N) is 1. The standard InChI is InChI=1S/C24H33N5O2S/c1-32-16-13-20(25-23(30)18-9-4-2-5-10-18)24(31)28-14-8-11-19(17-28)22-27-26-21-12-6-3-7-15-29(21)22/h2,4-5,9-10,19-20H,3,6-8,11-17H2,1H3,(H,25,30). The van der Waals surface area contributed by atoms with E-state index in [1.54, 1.807) is 23.9 Å². The minimum Gasteiger partial charge on any atom is -0.340 e. The first-order valence-electron chi connectivity index (χ1n) is 11.7. The predicted molar refractivity (Wildman–Crippen MR) is 127 cm³/mol. The molecule has 7 nitrogen and oxygen atoms in total. The Balaban J connectivity index is 1.46. The number of carbonyl (C=O) groups excluding carboxylic acids is 2. The van der Waals surface area contributed by atoms with Crippen molar-refractivity contribution in [1.82, 2.24) is 25.0 Å². The van der Waals surface area contributed by atoms with Gasteiger partial charge in [0.05, 0.1) is 0 Å². The number of likely N-dealkylation sites (tertiary alicyclic amines) is 1. The summed E-state index contributed by atoms with van der Waals surface area (Å²) in [5.41, 5.74) is 0.581. The van der Waals surface area contributed by atoms with Gasteiger partial charge in [-0.25, -0.2) is 0 Å². The van der Waals surface area contributed by atoms with Crippen LogP contribution >= 0.6 is 11.8 Å². The molecule has 3 heterocycles. The molecule has 1 aromatic carbocycles. The van der Waals surface area contributed by atoms with Crippen molar-refractivity contribution in [2.75, 3.05) is 25.1 Å². The summed E-state index contributed by atoms with van der Waals surface area (Å²) in [6, 6.07) is 8.60. The third kappa shape index (κ3) is 5.34. The SMILES string of the molecule is CSCCC(NC(=O)c1ccccc1)C(=O)N1CCCC(c2nnc3n2CCCCC3)C1. The molecule has 2 aliphatic heterocycles. The van der Waals surface area contributed by atoms with Gasteiger partial charge in [0, 0.05) is 37.5 Å². The van der Waals surface area contributed by atoms with Gasteiger partial charge in [0.2, 0.25) is 5.91 Å². The van der Waals surface area contributed by atoms with E-state index in [0.29, 0.717) is 18.5 Å². The van der Waals surface area contributed by atoms with Gasteiger partial charge in [-0.3, -0.25) is 9.59 Å². The van der Waals surface area contributed by atoms with Crippen molar-refractivity contribution in [2.45, 2.75) is 63.5 Å². The van der Waals surface area contributed by atoms with Gasteiger partial charge >= 0.3 is 0 Å². The first-order chi connectivity index (χ1) is 15.7. The van der Waals surface area contributed by atoms with Gasteiger partial charge in [-0.2, -0.15) is 11.8 Å². The van der Waals surface area contributed by atoms with Crippen molar-refractivity contribution < 1.29 is 9.59 Å². The highest BCUT2D eigenvalue weighted by molar-refractivity contribution is 7.98. The molecule has 0 aliphatic carbocycles. The highest BCUT2D eigenvalue weighted by Gasteiger charge is 2.33. The number of nitrogens with zero attached hydrogens (tertiary/aromatic N) is 4. The van der Waals surface area contributed by atoms with Crippen LogP contribution in [-0.2, 0) is 17.8 Å². The normalized spacial score (nSPS) is 19.7. The van der Waals surface area contributed by atoms with Crippen molar-refractivity contribution in [3.8, 4) is 0 Å². The summed E-state index contributed by atoms with van der Waals surface area (Å²) < 4.78 is 2.30. The number of rotatable bonds is 7. The third-order valence-corrected chi connectivity index (χ3v) is 7.13. The number of benzene rings is 1. The van der Waals surface area contributed by atoms with E-state index in [-0.39, 0.29) is 17.7 Å². The molecule has 2 unspecified atom stereocenters. The highest BCUT2D eigenvalue weighted by atomic mass is 32.2. The molecule has 2 amide bonds. The van der Waals surface area contributed by atoms with Crippen LogP contribution in [0.4, 0.5) is 0 Å². The Morgan fingerprint density at radius 2 is 1.97 bits per heavy atom. The molecule has 1 N–H and O–H groups in total. The molecule has 2 atom stereocenters. The molecule has 2 aromatic rings. The number of carbonyl (C=O) groups is 2. The number of piperidine rings is 1. The van der Waals surface area contributed by atoms with Crippen LogP contribution in [-0.4, -0.2) is 62.6 Å². The van der Waals surface area contributed by atoms with E-state index in [1.165, 1.54) is 12.8 Å². The Morgan fingerprint density at radius 1 is 1.12 bits per heavy atom. The van der Waals surface area contributed by atoms with E-state index < -0.39 is 6.04 Å². The van der Waals surface area contributed by atoms with Gasteiger partial charge in [0.25, 0.3) is 5.91 Å². The summed E-state index contributed by atoms with van der Waals surface area (Å²) in [6.07, 6.45) is 9.17. The van der Waals surface area contributed by atoms with Crippen molar-refractivity contribution in [2.24, 2.45) is 0 Å². The smallest absolute Gasteiger partial charge is 0.251 e. The lowest BCUT2D eigenvalue weighted by atomic mass is 9.96. The number of hydrogen-bond acceptors (Lipinski definition) is 5. The van der Waals surface area contributed by atoms with E-state index in [1.807, 2.05) is 29.4 Å². The van der Waals surface area contributed by atoms with Crippen LogP contribution in [0.15, 0.2) is 30.3 Å². The molecular weight excluding hydrogens is 422 g/mol. The largest absolute Gasteiger partial charge is 0.340 e. The second-order valence-electron chi connectivity index (χ2n) is 8.73. The first kappa shape index (κ1) is 22.8. The van der Waals surface area contributed by atoms with Gasteiger partial charge in [0.15, 0.2) is 0 Å². The Morgan fingerprint density at radius 3 is 2.78 bits per heavy atom. The topological polar surface area (TPSA) is 80.1 Å². The number of aryl methyl sites for hydroxylation is 1. The zero-order valence-corrected chi connectivity index (χ0v) is 19.6. The average molecular weight is 456 g/mol. The number of hydrogen-bond donors (Lipinski definition) is 1. The molecule has 0 spiro atoms. The molecule has 0 radical (unpaired) electrons. The second-order valence-corrected chi connectivity index (χ2v) is 9.72. The summed E-state index contributed by atoms with van der Waals surface area (Å²) in [4.78, 5) is 28.2. The number of amides is 2. The molecule has 0 bridgehead atoms. The van der Waals surface area contributed by atoms with Crippen LogP contribution in [0.3, 0.4) is 0 Å². The Hall–Kier alpha value is -2.35. The maximum Gasteiger partial charge on any atom is 0.251 e. The van der Waals surface area contributed by atoms with Gasteiger partial charge in [-0.15, -0.1) is 10.2 Å². The first-order valence-corrected chi connectivity index (χ1v) is 13.1. The van der Waals surface area contributed by atoms with Crippen molar-refractivity contribution in [1.29, 1.82) is 0 Å². The van der Waals surface area contributed by atoms with Crippen LogP contribution in [0.5, 0.6) is 0 Å². The predicted octanol–water partition coefficient (Wildman–Crippen LogP) is 3.26. The highest BCUT2D eigenvalue weighted by Crippen LogP contribution is 2.28. The van der Waals surface area contributed by atoms with E-state index in [4.69, 9.17) is 0 Å². The summed E-state index contributed by atoms with van der Waals surface area (Å²) in [5.74, 6) is 2.98. The molecule has 4 rings (SSSR count). The van der Waals surface area contributed by atoms with E-state index >= 15 is 0 Å². The minimum absolute atomic E-state index is 0.0173. The van der Waals surface area contributed by atoms with Crippen molar-refractivity contribution >= 4 is 23.6 Å². The van der Waals surface area contributed by atoms with E-state index in [2.05, 4.69) is 20.1 Å². The fourth-order valence-corrected chi connectivity index (χ4v) is 5.21. The molecular formula is C24H33N5O2S. The minimum atomic E-state index is -0.510. The molecule has 32 heavy (non-hydrogen) atoms. The van der Waals surface area contributed by atoms with Gasteiger partial charge in [-0.1, -0.05) is 24.6 Å². The van der Waals surface area contributed by atoms with Crippen LogP contribution in [0.1, 0.15) is 66.4 Å². The van der Waals surface area contributed by atoms with Gasteiger partial charge < -0.3 is 14.8 Å². The monoisotopic (exact) mass is 455 g/mol. The molecule has 1 saturated heterocycles. The zero-order chi connectivity index (χ0) is 22.3. The number of thioether (sulfide) groups is 1. The summed E-state index contributed by atoms with van der Waals surface area (Å²) >= 11 is 1.69. The second kappa shape index (κ2) is 11.0. The molecule has 2 aliphatic rings. The fourth-order valence-electron chi connectivity index (χ4n) is 4.74. The quantitative estimate of drug-likeness (QED) is 0.693. The zero-order valence-electron chi connectivity index (χ0n) is 18.8. The molecule has 8 heteroatoms. The maximum absolute atomic E-state index is 13.5. The summed E-state index contributed by atoms with van der Waals surface area (Å²) in [5, 5.41) is 12.0. The average Bonchev–Trinajstić information content (AvgIpc) is 3.10. The lowest BCUT2D eigenvalue weighted by Crippen LogP contribution is -2.51. The van der Waals surface area contributed by atoms with Crippen LogP contribution in [0, 0.1) is 0 Å². The Bertz CT molecular complexity index is 916. The van der Waals surface area contributed by atoms with Gasteiger partial charge in [-0.05, 0) is 56.2 Å². The Labute approximate surface area is 194 Å². The summed E-state index contributed by atoms with van der Waals surface area (Å²) in [6.45, 7) is 2.35. The van der Waals surface area contributed by atoms with E-state index in [9.17, 15) is 9.59 Å².